The van der Waals surface area contributed by atoms with Crippen molar-refractivity contribution in [1.29, 1.82) is 0 Å². The predicted octanol–water partition coefficient (Wildman–Crippen LogP) is 2.77. The van der Waals surface area contributed by atoms with Crippen LogP contribution < -0.4 is 0 Å². The molecule has 0 saturated carbocycles. The Labute approximate surface area is 139 Å². The van der Waals surface area contributed by atoms with Crippen LogP contribution in [0, 0.1) is 5.92 Å². The van der Waals surface area contributed by atoms with Gasteiger partial charge in [0.05, 0.1) is 0 Å². The van der Waals surface area contributed by atoms with E-state index in [0.717, 1.165) is 38.2 Å². The number of hydrogen-bond acceptors (Lipinski definition) is 3. The molecule has 2 aliphatic heterocycles. The first-order valence-electron chi connectivity index (χ1n) is 8.74. The van der Waals surface area contributed by atoms with Gasteiger partial charge < -0.3 is 9.80 Å². The molecule has 0 bridgehead atoms. The number of hydrogen-bond donors (Lipinski definition) is 0. The smallest absolute Gasteiger partial charge is 0.245 e. The molecule has 2 heterocycles. The van der Waals surface area contributed by atoms with Gasteiger partial charge in [-0.25, -0.2) is 0 Å². The van der Waals surface area contributed by atoms with E-state index in [1.54, 1.807) is 0 Å². The highest BCUT2D eigenvalue weighted by Crippen LogP contribution is 2.25. The molecule has 0 radical (unpaired) electrons. The normalized spacial score (nSPS) is 24.7. The van der Waals surface area contributed by atoms with Gasteiger partial charge in [0, 0.05) is 31.3 Å². The third-order valence-corrected chi connectivity index (χ3v) is 5.86. The van der Waals surface area contributed by atoms with Crippen molar-refractivity contribution in [2.75, 3.05) is 25.4 Å². The minimum Gasteiger partial charge on any atom is -0.340 e. The van der Waals surface area contributed by atoms with Gasteiger partial charge in [-0.15, -0.1) is 0 Å². The van der Waals surface area contributed by atoms with Crippen LogP contribution in [0.2, 0.25) is 0 Å². The second-order valence-corrected chi connectivity index (χ2v) is 8.31. The fraction of sp³-hybridized carbons (Fsp3) is 0.882. The van der Waals surface area contributed by atoms with Gasteiger partial charge in [0.1, 0.15) is 6.04 Å². The van der Waals surface area contributed by atoms with E-state index in [1.165, 1.54) is 12.8 Å². The minimum absolute atomic E-state index is 0.154. The summed E-state index contributed by atoms with van der Waals surface area (Å²) in [5.74, 6) is 1.61. The summed E-state index contributed by atoms with van der Waals surface area (Å²) in [5.41, 5.74) is 0. The molecular formula is C17H30N2O2S. The van der Waals surface area contributed by atoms with E-state index < -0.39 is 0 Å². The number of nitrogens with zero attached hydrogens (tertiary/aromatic N) is 2. The van der Waals surface area contributed by atoms with Crippen molar-refractivity contribution in [2.45, 2.75) is 64.2 Å². The molecule has 2 fully saturated rings. The zero-order valence-corrected chi connectivity index (χ0v) is 15.0. The molecule has 126 valence electrons. The highest BCUT2D eigenvalue weighted by Gasteiger charge is 2.37. The first-order chi connectivity index (χ1) is 10.5. The number of likely N-dealkylation sites (tertiary alicyclic amines) is 2. The molecule has 2 saturated heterocycles. The predicted molar refractivity (Wildman–Crippen MR) is 91.9 cm³/mol. The van der Waals surface area contributed by atoms with Crippen LogP contribution in [0.5, 0.6) is 0 Å². The molecule has 2 aliphatic rings. The number of thioether (sulfide) groups is 1. The lowest BCUT2D eigenvalue weighted by Crippen LogP contribution is -2.52. The van der Waals surface area contributed by atoms with Crippen LogP contribution in [0.15, 0.2) is 0 Å². The maximum Gasteiger partial charge on any atom is 0.245 e. The summed E-state index contributed by atoms with van der Waals surface area (Å²) < 4.78 is 0. The Morgan fingerprint density at radius 1 is 1.27 bits per heavy atom. The van der Waals surface area contributed by atoms with Gasteiger partial charge in [0.25, 0.3) is 0 Å². The zero-order valence-electron chi connectivity index (χ0n) is 14.2. The molecule has 5 heteroatoms. The van der Waals surface area contributed by atoms with Crippen molar-refractivity contribution in [2.24, 2.45) is 5.92 Å². The number of carbonyl (C=O) groups is 2. The van der Waals surface area contributed by atoms with Gasteiger partial charge in [-0.3, -0.25) is 9.59 Å². The van der Waals surface area contributed by atoms with Gasteiger partial charge in [0.2, 0.25) is 11.8 Å². The highest BCUT2D eigenvalue weighted by molar-refractivity contribution is 7.99. The van der Waals surface area contributed by atoms with E-state index in [1.807, 2.05) is 21.6 Å². The lowest BCUT2D eigenvalue weighted by molar-refractivity contribution is -0.145. The summed E-state index contributed by atoms with van der Waals surface area (Å²) in [6.07, 6.45) is 4.99. The van der Waals surface area contributed by atoms with Crippen molar-refractivity contribution in [3.05, 3.63) is 0 Å². The van der Waals surface area contributed by atoms with E-state index in [4.69, 9.17) is 0 Å². The molecule has 0 spiro atoms. The Bertz CT molecular complexity index is 400. The Morgan fingerprint density at radius 3 is 2.64 bits per heavy atom. The first kappa shape index (κ1) is 17.6. The molecule has 22 heavy (non-hydrogen) atoms. The average Bonchev–Trinajstić information content (AvgIpc) is 2.75. The average molecular weight is 327 g/mol. The molecule has 2 amide bonds. The van der Waals surface area contributed by atoms with Gasteiger partial charge in [0.15, 0.2) is 0 Å². The van der Waals surface area contributed by atoms with E-state index in [0.29, 0.717) is 11.7 Å². The maximum atomic E-state index is 13.1. The SMILES string of the molecule is CCS[C@@H]1CCCCN(C(=O)[C@H](C(C)C)N2CCCC2=O)C1. The van der Waals surface area contributed by atoms with Crippen LogP contribution in [0.1, 0.15) is 52.9 Å². The van der Waals surface area contributed by atoms with E-state index in [9.17, 15) is 9.59 Å². The molecule has 0 N–H and O–H groups in total. The molecule has 0 aromatic heterocycles. The Hall–Kier alpha value is -0.710. The molecule has 2 atom stereocenters. The van der Waals surface area contributed by atoms with Crippen LogP contribution in [-0.4, -0.2) is 58.3 Å². The Balaban J connectivity index is 2.09. The van der Waals surface area contributed by atoms with Gasteiger partial charge in [-0.1, -0.05) is 27.2 Å². The zero-order chi connectivity index (χ0) is 16.1. The van der Waals surface area contributed by atoms with Crippen LogP contribution in [0.3, 0.4) is 0 Å². The van der Waals surface area contributed by atoms with Gasteiger partial charge in [-0.2, -0.15) is 11.8 Å². The van der Waals surface area contributed by atoms with E-state index in [-0.39, 0.29) is 23.8 Å². The second-order valence-electron chi connectivity index (χ2n) is 6.74. The quantitative estimate of drug-likeness (QED) is 0.780. The summed E-state index contributed by atoms with van der Waals surface area (Å²) in [6, 6.07) is -0.264. The maximum absolute atomic E-state index is 13.1. The lowest BCUT2D eigenvalue weighted by atomic mass is 10.0. The lowest BCUT2D eigenvalue weighted by Gasteiger charge is -2.35. The summed E-state index contributed by atoms with van der Waals surface area (Å²) in [6.45, 7) is 8.75. The minimum atomic E-state index is -0.264. The van der Waals surface area contributed by atoms with Gasteiger partial charge >= 0.3 is 0 Å². The van der Waals surface area contributed by atoms with Crippen LogP contribution in [0.25, 0.3) is 0 Å². The standard InChI is InChI=1S/C17H30N2O2S/c1-4-22-14-8-5-6-10-18(12-14)17(21)16(13(2)3)19-11-7-9-15(19)20/h13-14,16H,4-12H2,1-3H3/t14-,16+/m1/s1. The largest absolute Gasteiger partial charge is 0.340 e. The third-order valence-electron chi connectivity index (χ3n) is 4.67. The summed E-state index contributed by atoms with van der Waals surface area (Å²) >= 11 is 1.97. The van der Waals surface area contributed by atoms with Crippen LogP contribution >= 0.6 is 11.8 Å². The number of rotatable bonds is 5. The monoisotopic (exact) mass is 326 g/mol. The second kappa shape index (κ2) is 8.23. The summed E-state index contributed by atoms with van der Waals surface area (Å²) in [7, 11) is 0. The van der Waals surface area contributed by atoms with E-state index >= 15 is 0 Å². The van der Waals surface area contributed by atoms with Gasteiger partial charge in [-0.05, 0) is 30.9 Å². The third kappa shape index (κ3) is 4.18. The van der Waals surface area contributed by atoms with E-state index in [2.05, 4.69) is 20.8 Å². The molecule has 2 rings (SSSR count). The molecule has 0 aliphatic carbocycles. The van der Waals surface area contributed by atoms with Crippen molar-refractivity contribution in [3.63, 3.8) is 0 Å². The number of amides is 2. The first-order valence-corrected chi connectivity index (χ1v) is 9.79. The van der Waals surface area contributed by atoms with Crippen molar-refractivity contribution in [3.8, 4) is 0 Å². The van der Waals surface area contributed by atoms with Crippen molar-refractivity contribution in [1.82, 2.24) is 9.80 Å². The Kier molecular flexibility index (Phi) is 6.60. The molecule has 4 nitrogen and oxygen atoms in total. The molecule has 0 aromatic rings. The van der Waals surface area contributed by atoms with Crippen LogP contribution in [0.4, 0.5) is 0 Å². The highest BCUT2D eigenvalue weighted by atomic mass is 32.2. The topological polar surface area (TPSA) is 40.6 Å². The molecule has 0 unspecified atom stereocenters. The Morgan fingerprint density at radius 2 is 2.05 bits per heavy atom. The fourth-order valence-corrected chi connectivity index (χ4v) is 4.69. The van der Waals surface area contributed by atoms with Crippen molar-refractivity contribution >= 4 is 23.6 Å². The van der Waals surface area contributed by atoms with Crippen LogP contribution in [-0.2, 0) is 9.59 Å². The molecular weight excluding hydrogens is 296 g/mol. The van der Waals surface area contributed by atoms with Crippen molar-refractivity contribution < 1.29 is 9.59 Å². The summed E-state index contributed by atoms with van der Waals surface area (Å²) in [5, 5.41) is 0.554. The molecule has 0 aromatic carbocycles. The fourth-order valence-electron chi connectivity index (χ4n) is 3.60. The number of carbonyl (C=O) groups excluding carboxylic acids is 2. The summed E-state index contributed by atoms with van der Waals surface area (Å²) in [4.78, 5) is 29.1.